The van der Waals surface area contributed by atoms with Crippen molar-refractivity contribution in [2.75, 3.05) is 6.61 Å². The van der Waals surface area contributed by atoms with Crippen molar-refractivity contribution >= 4 is 17.5 Å². The minimum atomic E-state index is -0.460. The zero-order chi connectivity index (χ0) is 21.2. The van der Waals surface area contributed by atoms with E-state index in [4.69, 9.17) is 4.74 Å². The molecule has 0 heterocycles. The van der Waals surface area contributed by atoms with Crippen LogP contribution in [-0.4, -0.2) is 24.1 Å². The lowest BCUT2D eigenvalue weighted by Crippen LogP contribution is -2.51. The standard InChI is InChI=1S/C25H34O4/c1-15-12-18-19(23(3)9-6-17(27)13-21(15)23)7-10-24(4)20(18)8-11-25(24,5)22(28)14-29-16(2)26/h7,13,15,18,20H,6,8-12,14H2,1-5H3/t15-,18?,20?,23+,24-,25+/m0/s1. The Morgan fingerprint density at radius 1 is 1.17 bits per heavy atom. The lowest BCUT2D eigenvalue weighted by atomic mass is 9.47. The van der Waals surface area contributed by atoms with Crippen LogP contribution in [0.5, 0.6) is 0 Å². The van der Waals surface area contributed by atoms with Crippen molar-refractivity contribution in [1.82, 2.24) is 0 Å². The fourth-order valence-corrected chi connectivity index (χ4v) is 7.31. The van der Waals surface area contributed by atoms with Crippen molar-refractivity contribution < 1.29 is 19.1 Å². The Morgan fingerprint density at radius 2 is 1.90 bits per heavy atom. The zero-order valence-electron chi connectivity index (χ0n) is 18.5. The van der Waals surface area contributed by atoms with Gasteiger partial charge >= 0.3 is 5.97 Å². The van der Waals surface area contributed by atoms with Crippen LogP contribution in [0.25, 0.3) is 0 Å². The SMILES string of the molecule is CC(=O)OCC(=O)[C@@]1(C)CCC2C3C[C@H](C)C4=CC(=O)CC[C@]4(C)C3=CC[C@@]21C. The highest BCUT2D eigenvalue weighted by Crippen LogP contribution is 2.68. The lowest BCUT2D eigenvalue weighted by molar-refractivity contribution is -0.152. The highest BCUT2D eigenvalue weighted by molar-refractivity contribution is 5.92. The molecule has 6 atom stereocenters. The molecule has 4 rings (SSSR count). The maximum Gasteiger partial charge on any atom is 0.303 e. The van der Waals surface area contributed by atoms with E-state index >= 15 is 0 Å². The summed E-state index contributed by atoms with van der Waals surface area (Å²) in [5.74, 6) is 1.28. The fourth-order valence-electron chi connectivity index (χ4n) is 7.31. The second-order valence-electron chi connectivity index (χ2n) is 10.6. The van der Waals surface area contributed by atoms with E-state index in [9.17, 15) is 14.4 Å². The van der Waals surface area contributed by atoms with Crippen molar-refractivity contribution in [3.8, 4) is 0 Å². The predicted octanol–water partition coefficient (Wildman–Crippen LogP) is 4.82. The van der Waals surface area contributed by atoms with Crippen molar-refractivity contribution in [2.24, 2.45) is 34.0 Å². The molecule has 4 nitrogen and oxygen atoms in total. The van der Waals surface area contributed by atoms with Crippen molar-refractivity contribution in [3.05, 3.63) is 23.3 Å². The van der Waals surface area contributed by atoms with E-state index in [0.29, 0.717) is 24.2 Å². The summed E-state index contributed by atoms with van der Waals surface area (Å²) in [7, 11) is 0. The Labute approximate surface area is 174 Å². The van der Waals surface area contributed by atoms with E-state index < -0.39 is 11.4 Å². The molecule has 0 bridgehead atoms. The average Bonchev–Trinajstić information content (AvgIpc) is 2.94. The first-order valence-corrected chi connectivity index (χ1v) is 11.1. The molecule has 0 spiro atoms. The molecule has 0 aromatic heterocycles. The predicted molar refractivity (Wildman–Crippen MR) is 111 cm³/mol. The van der Waals surface area contributed by atoms with Crippen LogP contribution in [-0.2, 0) is 19.1 Å². The van der Waals surface area contributed by atoms with E-state index in [-0.39, 0.29) is 29.0 Å². The summed E-state index contributed by atoms with van der Waals surface area (Å²) in [6.45, 7) is 10.2. The van der Waals surface area contributed by atoms with Crippen molar-refractivity contribution in [3.63, 3.8) is 0 Å². The van der Waals surface area contributed by atoms with Crippen molar-refractivity contribution in [2.45, 2.75) is 73.1 Å². The molecule has 2 saturated carbocycles. The van der Waals surface area contributed by atoms with E-state index in [1.807, 2.05) is 6.08 Å². The Bertz CT molecular complexity index is 836. The van der Waals surface area contributed by atoms with Crippen LogP contribution in [0, 0.1) is 34.0 Å². The second-order valence-corrected chi connectivity index (χ2v) is 10.6. The maximum absolute atomic E-state index is 13.1. The van der Waals surface area contributed by atoms with Crippen LogP contribution in [0.2, 0.25) is 0 Å². The van der Waals surface area contributed by atoms with Gasteiger partial charge in [-0.3, -0.25) is 14.4 Å². The largest absolute Gasteiger partial charge is 0.458 e. The third kappa shape index (κ3) is 2.81. The summed E-state index contributed by atoms with van der Waals surface area (Å²) in [6.07, 6.45) is 9.75. The summed E-state index contributed by atoms with van der Waals surface area (Å²) in [5.41, 5.74) is 2.27. The Balaban J connectivity index is 1.70. The molecule has 29 heavy (non-hydrogen) atoms. The van der Waals surface area contributed by atoms with Crippen LogP contribution in [0.1, 0.15) is 73.1 Å². The summed E-state index contributed by atoms with van der Waals surface area (Å²) in [6, 6.07) is 0. The molecular weight excluding hydrogens is 364 g/mol. The number of rotatable bonds is 3. The van der Waals surface area contributed by atoms with Crippen LogP contribution in [0.3, 0.4) is 0 Å². The van der Waals surface area contributed by atoms with Gasteiger partial charge in [0.05, 0.1) is 0 Å². The number of Topliss-reactive ketones (excluding diaryl/α,β-unsaturated/α-hetero) is 1. The molecule has 0 radical (unpaired) electrons. The first kappa shape index (κ1) is 20.6. The molecule has 2 fully saturated rings. The minimum Gasteiger partial charge on any atom is -0.458 e. The molecule has 4 heteroatoms. The van der Waals surface area contributed by atoms with Crippen LogP contribution in [0.4, 0.5) is 0 Å². The number of ketones is 2. The summed E-state index contributed by atoms with van der Waals surface area (Å²) in [4.78, 5) is 36.5. The van der Waals surface area contributed by atoms with Crippen LogP contribution >= 0.6 is 0 Å². The number of esters is 1. The summed E-state index contributed by atoms with van der Waals surface area (Å²) in [5, 5.41) is 0. The minimum absolute atomic E-state index is 0.00167. The van der Waals surface area contributed by atoms with Gasteiger partial charge in [0.15, 0.2) is 18.2 Å². The second kappa shape index (κ2) is 6.65. The topological polar surface area (TPSA) is 60.4 Å². The van der Waals surface area contributed by atoms with Gasteiger partial charge in [-0.25, -0.2) is 0 Å². The third-order valence-corrected chi connectivity index (χ3v) is 9.29. The molecular formula is C25H34O4. The highest BCUT2D eigenvalue weighted by Gasteiger charge is 2.63. The first-order valence-electron chi connectivity index (χ1n) is 11.1. The van der Waals surface area contributed by atoms with Gasteiger partial charge in [0.2, 0.25) is 0 Å². The lowest BCUT2D eigenvalue weighted by Gasteiger charge is -2.56. The van der Waals surface area contributed by atoms with Crippen molar-refractivity contribution in [1.29, 1.82) is 0 Å². The molecule has 0 saturated heterocycles. The van der Waals surface area contributed by atoms with Gasteiger partial charge in [-0.15, -0.1) is 0 Å². The molecule has 4 aliphatic rings. The van der Waals surface area contributed by atoms with E-state index in [2.05, 4.69) is 33.8 Å². The normalized spacial score (nSPS) is 43.5. The molecule has 4 aliphatic carbocycles. The smallest absolute Gasteiger partial charge is 0.303 e. The van der Waals surface area contributed by atoms with Crippen LogP contribution < -0.4 is 0 Å². The van der Waals surface area contributed by atoms with Gasteiger partial charge in [0.1, 0.15) is 0 Å². The monoisotopic (exact) mass is 398 g/mol. The third-order valence-electron chi connectivity index (χ3n) is 9.29. The molecule has 0 amide bonds. The molecule has 0 aromatic rings. The number of carbonyl (C=O) groups excluding carboxylic acids is 3. The van der Waals surface area contributed by atoms with E-state index in [0.717, 1.165) is 32.1 Å². The van der Waals surface area contributed by atoms with Gasteiger partial charge in [-0.2, -0.15) is 0 Å². The quantitative estimate of drug-likeness (QED) is 0.505. The average molecular weight is 399 g/mol. The van der Waals surface area contributed by atoms with Gasteiger partial charge in [0.25, 0.3) is 0 Å². The maximum atomic E-state index is 13.1. The van der Waals surface area contributed by atoms with Gasteiger partial charge < -0.3 is 4.74 Å². The van der Waals surface area contributed by atoms with E-state index in [1.54, 1.807) is 0 Å². The number of hydrogen-bond donors (Lipinski definition) is 0. The Morgan fingerprint density at radius 3 is 2.59 bits per heavy atom. The molecule has 0 N–H and O–H groups in total. The number of allylic oxidation sites excluding steroid dienone is 4. The first-order chi connectivity index (χ1) is 13.5. The molecule has 0 aromatic carbocycles. The molecule has 0 aliphatic heterocycles. The molecule has 2 unspecified atom stereocenters. The number of fused-ring (bicyclic) bond motifs is 5. The van der Waals surface area contributed by atoms with E-state index in [1.165, 1.54) is 18.1 Å². The zero-order valence-corrected chi connectivity index (χ0v) is 18.5. The highest BCUT2D eigenvalue weighted by atomic mass is 16.5. The number of ether oxygens (including phenoxy) is 1. The number of carbonyl (C=O) groups is 3. The van der Waals surface area contributed by atoms with Gasteiger partial charge in [0, 0.05) is 24.2 Å². The molecule has 158 valence electrons. The van der Waals surface area contributed by atoms with Gasteiger partial charge in [-0.1, -0.05) is 44.9 Å². The summed E-state index contributed by atoms with van der Waals surface area (Å²) < 4.78 is 5.08. The Kier molecular flexibility index (Phi) is 4.71. The fraction of sp³-hybridized carbons (Fsp3) is 0.720. The Hall–Kier alpha value is -1.71. The van der Waals surface area contributed by atoms with Crippen LogP contribution in [0.15, 0.2) is 23.3 Å². The summed E-state index contributed by atoms with van der Waals surface area (Å²) >= 11 is 0. The van der Waals surface area contributed by atoms with Gasteiger partial charge in [-0.05, 0) is 61.3 Å². The number of hydrogen-bond acceptors (Lipinski definition) is 4.